The molecule has 4 heteroatoms. The van der Waals surface area contributed by atoms with E-state index in [-0.39, 0.29) is 11.8 Å². The fourth-order valence-electron chi connectivity index (χ4n) is 3.74. The van der Waals surface area contributed by atoms with E-state index in [1.807, 2.05) is 55.3 Å². The maximum absolute atomic E-state index is 13.1. The van der Waals surface area contributed by atoms with E-state index in [9.17, 15) is 9.59 Å². The lowest BCUT2D eigenvalue weighted by atomic mass is 9.99. The average Bonchev–Trinajstić information content (AvgIpc) is 2.90. The second-order valence-electron chi connectivity index (χ2n) is 7.56. The summed E-state index contributed by atoms with van der Waals surface area (Å²) in [6.45, 7) is 4.52. The van der Waals surface area contributed by atoms with E-state index in [1.54, 1.807) is 12.1 Å². The molecule has 27 heavy (non-hydrogen) atoms. The number of rotatable bonds is 3. The third kappa shape index (κ3) is 3.13. The molecule has 0 radical (unpaired) electrons. The number of carbonyl (C=O) groups is 2. The first-order valence-electron chi connectivity index (χ1n) is 9.14. The van der Waals surface area contributed by atoms with Crippen LogP contribution in [0.5, 0.6) is 0 Å². The highest BCUT2D eigenvalue weighted by molar-refractivity contribution is 6.05. The molecule has 1 heterocycles. The van der Waals surface area contributed by atoms with Crippen LogP contribution < -0.4 is 0 Å². The molecule has 4 nitrogen and oxygen atoms in total. The number of carbonyl (C=O) groups excluding carboxylic acids is 2. The summed E-state index contributed by atoms with van der Waals surface area (Å²) in [6.07, 6.45) is 0.316. The first-order chi connectivity index (χ1) is 13.0. The molecule has 3 aromatic rings. The highest BCUT2D eigenvalue weighted by Gasteiger charge is 2.46. The van der Waals surface area contributed by atoms with Crippen LogP contribution in [0.15, 0.2) is 72.8 Å². The van der Waals surface area contributed by atoms with Crippen LogP contribution in [0, 0.1) is 0 Å². The van der Waals surface area contributed by atoms with Gasteiger partial charge >= 0.3 is 0 Å². The van der Waals surface area contributed by atoms with Gasteiger partial charge in [-0.05, 0) is 42.3 Å². The van der Waals surface area contributed by atoms with Crippen LogP contribution in [-0.2, 0) is 11.3 Å². The number of benzene rings is 3. The Labute approximate surface area is 159 Å². The predicted molar refractivity (Wildman–Crippen MR) is 106 cm³/mol. The van der Waals surface area contributed by atoms with Crippen LogP contribution in [0.4, 0.5) is 0 Å². The van der Waals surface area contributed by atoms with Crippen LogP contribution in [0.25, 0.3) is 10.8 Å². The van der Waals surface area contributed by atoms with E-state index in [4.69, 9.17) is 0 Å². The monoisotopic (exact) mass is 358 g/mol. The van der Waals surface area contributed by atoms with Crippen molar-refractivity contribution in [2.45, 2.75) is 32.4 Å². The number of amides is 2. The maximum Gasteiger partial charge on any atom is 0.275 e. The van der Waals surface area contributed by atoms with Crippen molar-refractivity contribution in [2.75, 3.05) is 0 Å². The van der Waals surface area contributed by atoms with Gasteiger partial charge in [0.15, 0.2) is 0 Å². The van der Waals surface area contributed by atoms with Crippen molar-refractivity contribution < 1.29 is 9.59 Å². The molecule has 1 fully saturated rings. The third-order valence-electron chi connectivity index (χ3n) is 5.17. The summed E-state index contributed by atoms with van der Waals surface area (Å²) in [4.78, 5) is 25.8. The predicted octanol–water partition coefficient (Wildman–Crippen LogP) is 4.41. The number of hydrogen-bond donors (Lipinski definition) is 0. The van der Waals surface area contributed by atoms with Gasteiger partial charge in [-0.25, -0.2) is 10.0 Å². The summed E-state index contributed by atoms with van der Waals surface area (Å²) in [5, 5.41) is 5.53. The second-order valence-corrected chi connectivity index (χ2v) is 7.56. The largest absolute Gasteiger partial charge is 0.275 e. The minimum absolute atomic E-state index is 0.158. The normalized spacial score (nSPS) is 16.8. The molecule has 0 spiro atoms. The summed E-state index contributed by atoms with van der Waals surface area (Å²) in [7, 11) is 0. The number of fused-ring (bicyclic) bond motifs is 1. The molecule has 0 saturated carbocycles. The fraction of sp³-hybridized carbons (Fsp3) is 0.217. The lowest BCUT2D eigenvalue weighted by Gasteiger charge is -2.35. The standard InChI is InChI=1S/C23H22N2O2/c1-23(2)15-21(26)25(22(27)18-10-4-3-5-11-18)24(23)16-19-13-8-12-17-9-6-7-14-20(17)19/h3-14H,15-16H2,1-2H3. The van der Waals surface area contributed by atoms with Gasteiger partial charge in [0.05, 0.1) is 0 Å². The van der Waals surface area contributed by atoms with Crippen LogP contribution in [0.1, 0.15) is 36.2 Å². The van der Waals surface area contributed by atoms with E-state index < -0.39 is 5.54 Å². The summed E-state index contributed by atoms with van der Waals surface area (Å²) >= 11 is 0. The maximum atomic E-state index is 13.1. The van der Waals surface area contributed by atoms with E-state index in [1.165, 1.54) is 5.01 Å². The smallest absolute Gasteiger partial charge is 0.273 e. The van der Waals surface area contributed by atoms with E-state index in [0.29, 0.717) is 18.5 Å². The molecule has 1 aliphatic heterocycles. The van der Waals surface area contributed by atoms with E-state index in [0.717, 1.165) is 16.3 Å². The first kappa shape index (κ1) is 17.4. The van der Waals surface area contributed by atoms with Crippen molar-refractivity contribution in [1.82, 2.24) is 10.0 Å². The Bertz CT molecular complexity index is 1010. The topological polar surface area (TPSA) is 40.6 Å². The zero-order valence-corrected chi connectivity index (χ0v) is 15.6. The number of nitrogens with zero attached hydrogens (tertiary/aromatic N) is 2. The van der Waals surface area contributed by atoms with Gasteiger partial charge in [0.2, 0.25) is 5.91 Å². The molecular formula is C23H22N2O2. The van der Waals surface area contributed by atoms with Crippen molar-refractivity contribution >= 4 is 22.6 Å². The van der Waals surface area contributed by atoms with Gasteiger partial charge in [0, 0.05) is 24.1 Å². The SMILES string of the molecule is CC1(C)CC(=O)N(C(=O)c2ccccc2)N1Cc1cccc2ccccc12. The van der Waals surface area contributed by atoms with Crippen LogP contribution in [0.3, 0.4) is 0 Å². The van der Waals surface area contributed by atoms with Crippen LogP contribution >= 0.6 is 0 Å². The zero-order chi connectivity index (χ0) is 19.0. The van der Waals surface area contributed by atoms with Crippen molar-refractivity contribution in [3.63, 3.8) is 0 Å². The molecule has 3 aromatic carbocycles. The number of hydrazine groups is 1. The van der Waals surface area contributed by atoms with Crippen molar-refractivity contribution in [1.29, 1.82) is 0 Å². The molecule has 2 amide bonds. The van der Waals surface area contributed by atoms with Gasteiger partial charge in [-0.1, -0.05) is 60.7 Å². The Morgan fingerprint density at radius 1 is 0.926 bits per heavy atom. The Hall–Kier alpha value is -2.98. The average molecular weight is 358 g/mol. The van der Waals surface area contributed by atoms with Gasteiger partial charge in [0.25, 0.3) is 5.91 Å². The molecule has 4 rings (SSSR count). The molecule has 0 atom stereocenters. The second kappa shape index (κ2) is 6.63. The minimum atomic E-state index is -0.432. The van der Waals surface area contributed by atoms with Crippen molar-refractivity contribution in [3.8, 4) is 0 Å². The lowest BCUT2D eigenvalue weighted by molar-refractivity contribution is -0.134. The molecule has 0 aromatic heterocycles. The van der Waals surface area contributed by atoms with Gasteiger partial charge < -0.3 is 0 Å². The Morgan fingerprint density at radius 3 is 2.37 bits per heavy atom. The molecule has 0 N–H and O–H groups in total. The fourth-order valence-corrected chi connectivity index (χ4v) is 3.74. The summed E-state index contributed by atoms with van der Waals surface area (Å²) < 4.78 is 0. The van der Waals surface area contributed by atoms with Crippen molar-refractivity contribution in [3.05, 3.63) is 83.9 Å². The summed E-state index contributed by atoms with van der Waals surface area (Å²) in [5.41, 5.74) is 1.19. The number of hydrogen-bond acceptors (Lipinski definition) is 3. The Balaban J connectivity index is 1.74. The first-order valence-corrected chi connectivity index (χ1v) is 9.14. The van der Waals surface area contributed by atoms with Gasteiger partial charge in [-0.15, -0.1) is 0 Å². The molecule has 0 unspecified atom stereocenters. The Kier molecular flexibility index (Phi) is 4.28. The van der Waals surface area contributed by atoms with Crippen LogP contribution in [0.2, 0.25) is 0 Å². The summed E-state index contributed by atoms with van der Waals surface area (Å²) in [5.74, 6) is -0.430. The third-order valence-corrected chi connectivity index (χ3v) is 5.17. The lowest BCUT2D eigenvalue weighted by Crippen LogP contribution is -2.49. The van der Waals surface area contributed by atoms with Gasteiger partial charge in [-0.3, -0.25) is 9.59 Å². The molecule has 1 saturated heterocycles. The highest BCUT2D eigenvalue weighted by atomic mass is 16.2. The van der Waals surface area contributed by atoms with Crippen LogP contribution in [-0.4, -0.2) is 27.4 Å². The van der Waals surface area contributed by atoms with Crippen molar-refractivity contribution in [2.24, 2.45) is 0 Å². The molecule has 0 aliphatic carbocycles. The number of imide groups is 1. The molecule has 136 valence electrons. The van der Waals surface area contributed by atoms with Gasteiger partial charge in [0.1, 0.15) is 0 Å². The van der Waals surface area contributed by atoms with Gasteiger partial charge in [-0.2, -0.15) is 0 Å². The molecular weight excluding hydrogens is 336 g/mol. The minimum Gasteiger partial charge on any atom is -0.273 e. The van der Waals surface area contributed by atoms with E-state index in [2.05, 4.69) is 24.3 Å². The highest BCUT2D eigenvalue weighted by Crippen LogP contribution is 2.34. The molecule has 0 bridgehead atoms. The quantitative estimate of drug-likeness (QED) is 0.651. The molecule has 1 aliphatic rings. The van der Waals surface area contributed by atoms with E-state index >= 15 is 0 Å². The Morgan fingerprint density at radius 2 is 1.59 bits per heavy atom. The zero-order valence-electron chi connectivity index (χ0n) is 15.6. The summed E-state index contributed by atoms with van der Waals surface area (Å²) in [6, 6.07) is 23.3.